The van der Waals surface area contributed by atoms with Crippen LogP contribution in [-0.2, 0) is 17.8 Å². The number of hydrogen-bond donors (Lipinski definition) is 1. The molecule has 4 heteroatoms. The van der Waals surface area contributed by atoms with Crippen LogP contribution in [0.15, 0.2) is 12.5 Å². The Hall–Kier alpha value is -0.870. The minimum atomic E-state index is 0.526. The fourth-order valence-corrected chi connectivity index (χ4v) is 2.35. The third kappa shape index (κ3) is 3.82. The zero-order valence-electron chi connectivity index (χ0n) is 10.7. The molecule has 1 fully saturated rings. The monoisotopic (exact) mass is 237 g/mol. The van der Waals surface area contributed by atoms with Gasteiger partial charge in [0.05, 0.1) is 24.7 Å². The largest absolute Gasteiger partial charge is 0.377 e. The predicted octanol–water partition coefficient (Wildman–Crippen LogP) is 1.95. The lowest BCUT2D eigenvalue weighted by Gasteiger charge is -2.11. The van der Waals surface area contributed by atoms with E-state index in [1.165, 1.54) is 31.4 Å². The Bertz CT molecular complexity index is 318. The van der Waals surface area contributed by atoms with Gasteiger partial charge in [0.2, 0.25) is 0 Å². The van der Waals surface area contributed by atoms with Gasteiger partial charge in [-0.05, 0) is 19.8 Å². The van der Waals surface area contributed by atoms with Gasteiger partial charge in [-0.25, -0.2) is 4.98 Å². The highest BCUT2D eigenvalue weighted by atomic mass is 16.5. The van der Waals surface area contributed by atoms with E-state index in [0.29, 0.717) is 6.10 Å². The first-order chi connectivity index (χ1) is 8.40. The molecular formula is C13H23N3O. The second-order valence-electron chi connectivity index (χ2n) is 4.63. The molecule has 0 saturated heterocycles. The number of rotatable bonds is 7. The summed E-state index contributed by atoms with van der Waals surface area (Å²) in [6, 6.07) is 0. The summed E-state index contributed by atoms with van der Waals surface area (Å²) in [5.74, 6) is 0. The maximum Gasteiger partial charge on any atom is 0.0948 e. The Morgan fingerprint density at radius 2 is 2.29 bits per heavy atom. The van der Waals surface area contributed by atoms with Crippen molar-refractivity contribution in [1.29, 1.82) is 0 Å². The molecule has 1 saturated carbocycles. The number of ether oxygens (including phenoxy) is 1. The average Bonchev–Trinajstić information content (AvgIpc) is 2.98. The molecule has 0 aromatic carbocycles. The van der Waals surface area contributed by atoms with E-state index in [2.05, 4.69) is 21.8 Å². The minimum absolute atomic E-state index is 0.526. The van der Waals surface area contributed by atoms with Crippen molar-refractivity contribution in [2.24, 2.45) is 0 Å². The van der Waals surface area contributed by atoms with E-state index >= 15 is 0 Å². The quantitative estimate of drug-likeness (QED) is 0.737. The minimum Gasteiger partial charge on any atom is -0.377 e. The molecule has 0 atom stereocenters. The first-order valence-electron chi connectivity index (χ1n) is 6.71. The smallest absolute Gasteiger partial charge is 0.0948 e. The van der Waals surface area contributed by atoms with Crippen LogP contribution in [0.3, 0.4) is 0 Å². The number of imidazole rings is 1. The van der Waals surface area contributed by atoms with Crippen molar-refractivity contribution in [1.82, 2.24) is 14.9 Å². The lowest BCUT2D eigenvalue weighted by Crippen LogP contribution is -2.23. The molecule has 1 heterocycles. The van der Waals surface area contributed by atoms with Crippen LogP contribution in [0, 0.1) is 0 Å². The molecule has 0 unspecified atom stereocenters. The molecule has 1 N–H and O–H groups in total. The van der Waals surface area contributed by atoms with Crippen LogP contribution in [0.25, 0.3) is 0 Å². The summed E-state index contributed by atoms with van der Waals surface area (Å²) in [4.78, 5) is 4.15. The lowest BCUT2D eigenvalue weighted by molar-refractivity contribution is 0.0602. The van der Waals surface area contributed by atoms with Crippen LogP contribution >= 0.6 is 0 Å². The Balaban J connectivity index is 1.56. The number of aromatic nitrogens is 2. The molecule has 2 rings (SSSR count). The van der Waals surface area contributed by atoms with Gasteiger partial charge in [0, 0.05) is 25.8 Å². The van der Waals surface area contributed by atoms with Gasteiger partial charge < -0.3 is 14.6 Å². The summed E-state index contributed by atoms with van der Waals surface area (Å²) >= 11 is 0. The van der Waals surface area contributed by atoms with Crippen molar-refractivity contribution in [2.45, 2.75) is 51.8 Å². The van der Waals surface area contributed by atoms with Crippen LogP contribution in [0.5, 0.6) is 0 Å². The maximum absolute atomic E-state index is 5.79. The first kappa shape index (κ1) is 12.6. The third-order valence-corrected chi connectivity index (χ3v) is 3.38. The Labute approximate surface area is 103 Å². The average molecular weight is 237 g/mol. The van der Waals surface area contributed by atoms with Crippen LogP contribution in [-0.4, -0.2) is 28.8 Å². The normalized spacial score (nSPS) is 16.8. The predicted molar refractivity (Wildman–Crippen MR) is 67.8 cm³/mol. The molecule has 17 heavy (non-hydrogen) atoms. The molecule has 96 valence electrons. The zero-order valence-corrected chi connectivity index (χ0v) is 10.7. The topological polar surface area (TPSA) is 39.1 Å². The Kier molecular flexibility index (Phi) is 5.01. The van der Waals surface area contributed by atoms with Crippen molar-refractivity contribution >= 4 is 0 Å². The van der Waals surface area contributed by atoms with Crippen molar-refractivity contribution in [3.63, 3.8) is 0 Å². The molecule has 0 bridgehead atoms. The highest BCUT2D eigenvalue weighted by Crippen LogP contribution is 2.20. The molecule has 0 aliphatic heterocycles. The van der Waals surface area contributed by atoms with Crippen molar-refractivity contribution in [2.75, 3.05) is 13.2 Å². The fourth-order valence-electron chi connectivity index (χ4n) is 2.35. The van der Waals surface area contributed by atoms with Crippen molar-refractivity contribution in [3.05, 3.63) is 18.2 Å². The second-order valence-corrected chi connectivity index (χ2v) is 4.63. The molecular weight excluding hydrogens is 214 g/mol. The standard InChI is InChI=1S/C13H23N3O/c1-2-16-11-15-10-12(16)9-14-7-8-17-13-5-3-4-6-13/h10-11,13-14H,2-9H2,1H3. The van der Waals surface area contributed by atoms with Gasteiger partial charge in [0.1, 0.15) is 0 Å². The van der Waals surface area contributed by atoms with E-state index in [1.54, 1.807) is 0 Å². The van der Waals surface area contributed by atoms with E-state index in [1.807, 2.05) is 12.5 Å². The first-order valence-corrected chi connectivity index (χ1v) is 6.71. The van der Waals surface area contributed by atoms with Crippen molar-refractivity contribution in [3.8, 4) is 0 Å². The molecule has 1 aliphatic carbocycles. The van der Waals surface area contributed by atoms with Crippen LogP contribution in [0.1, 0.15) is 38.3 Å². The summed E-state index contributed by atoms with van der Waals surface area (Å²) in [5, 5.41) is 3.40. The molecule has 1 aromatic heterocycles. The van der Waals surface area contributed by atoms with Crippen molar-refractivity contribution < 1.29 is 4.74 Å². The van der Waals surface area contributed by atoms with E-state index in [9.17, 15) is 0 Å². The van der Waals surface area contributed by atoms with Crippen LogP contribution in [0.4, 0.5) is 0 Å². The number of aryl methyl sites for hydroxylation is 1. The van der Waals surface area contributed by atoms with E-state index in [-0.39, 0.29) is 0 Å². The van der Waals surface area contributed by atoms with Gasteiger partial charge in [-0.3, -0.25) is 0 Å². The number of nitrogens with one attached hydrogen (secondary N) is 1. The number of hydrogen-bond acceptors (Lipinski definition) is 3. The van der Waals surface area contributed by atoms with Gasteiger partial charge in [0.25, 0.3) is 0 Å². The maximum atomic E-state index is 5.79. The van der Waals surface area contributed by atoms with E-state index in [0.717, 1.165) is 26.2 Å². The summed E-state index contributed by atoms with van der Waals surface area (Å²) in [6.45, 7) is 5.74. The SMILES string of the molecule is CCn1cncc1CNCCOC1CCCC1. The van der Waals surface area contributed by atoms with Crippen LogP contribution in [0.2, 0.25) is 0 Å². The molecule has 0 spiro atoms. The van der Waals surface area contributed by atoms with E-state index < -0.39 is 0 Å². The van der Waals surface area contributed by atoms with Gasteiger partial charge in [0.15, 0.2) is 0 Å². The fraction of sp³-hybridized carbons (Fsp3) is 0.769. The van der Waals surface area contributed by atoms with E-state index in [4.69, 9.17) is 4.74 Å². The van der Waals surface area contributed by atoms with Gasteiger partial charge >= 0.3 is 0 Å². The lowest BCUT2D eigenvalue weighted by atomic mass is 10.3. The Morgan fingerprint density at radius 1 is 1.47 bits per heavy atom. The molecule has 0 amide bonds. The summed E-state index contributed by atoms with van der Waals surface area (Å²) in [7, 11) is 0. The molecule has 0 radical (unpaired) electrons. The summed E-state index contributed by atoms with van der Waals surface area (Å²) in [5.41, 5.74) is 1.24. The van der Waals surface area contributed by atoms with Crippen LogP contribution < -0.4 is 5.32 Å². The van der Waals surface area contributed by atoms with Gasteiger partial charge in [-0.1, -0.05) is 12.8 Å². The highest BCUT2D eigenvalue weighted by molar-refractivity contribution is 4.97. The second kappa shape index (κ2) is 6.77. The summed E-state index contributed by atoms with van der Waals surface area (Å²) in [6.07, 6.45) is 9.52. The molecule has 4 nitrogen and oxygen atoms in total. The summed E-state index contributed by atoms with van der Waals surface area (Å²) < 4.78 is 7.95. The van der Waals surface area contributed by atoms with Gasteiger partial charge in [-0.2, -0.15) is 0 Å². The zero-order chi connectivity index (χ0) is 11.9. The third-order valence-electron chi connectivity index (χ3n) is 3.38. The highest BCUT2D eigenvalue weighted by Gasteiger charge is 2.14. The Morgan fingerprint density at radius 3 is 3.06 bits per heavy atom. The molecule has 1 aliphatic rings. The number of nitrogens with zero attached hydrogens (tertiary/aromatic N) is 2. The van der Waals surface area contributed by atoms with Gasteiger partial charge in [-0.15, -0.1) is 0 Å². The molecule has 1 aromatic rings.